The Hall–Kier alpha value is -0.460. The molecule has 5 N–H and O–H groups in total. The van der Waals surface area contributed by atoms with Gasteiger partial charge in [-0.05, 0) is 6.42 Å². The minimum Gasteiger partial charge on any atom is -0.480 e. The van der Waals surface area contributed by atoms with E-state index >= 15 is 0 Å². The van der Waals surface area contributed by atoms with Crippen LogP contribution in [0, 0.1) is 0 Å². The van der Waals surface area contributed by atoms with Gasteiger partial charge in [0.1, 0.15) is 6.02 Å². The molecule has 0 aliphatic heterocycles. The molecule has 8 heteroatoms. The maximum atomic E-state index is 10.2. The highest BCUT2D eigenvalue weighted by atomic mass is 31.2. The van der Waals surface area contributed by atoms with Crippen LogP contribution in [0.2, 0.25) is 0 Å². The number of phosphoric ester groups is 1. The van der Waals surface area contributed by atoms with Gasteiger partial charge < -0.3 is 20.6 Å². The lowest BCUT2D eigenvalue weighted by molar-refractivity contribution is -0.138. The molecule has 0 bridgehead atoms. The lowest BCUT2D eigenvalue weighted by Gasteiger charge is -2.07. The molecule has 0 aromatic rings. The molecule has 1 atom stereocenters. The van der Waals surface area contributed by atoms with Crippen LogP contribution in [-0.2, 0) is 13.9 Å². The molecule has 0 amide bonds. The number of carbonyl (C=O) groups is 1. The zero-order valence-electron chi connectivity index (χ0n) is 7.01. The van der Waals surface area contributed by atoms with E-state index in [1.165, 1.54) is 0 Å². The topological polar surface area (TPSA) is 130 Å². The van der Waals surface area contributed by atoms with Crippen molar-refractivity contribution >= 4 is 13.8 Å². The Balaban J connectivity index is 3.91. The summed E-state index contributed by atoms with van der Waals surface area (Å²) >= 11 is 0. The van der Waals surface area contributed by atoms with Crippen LogP contribution in [0.15, 0.2) is 0 Å². The number of aliphatic carboxylic acids is 1. The summed E-state index contributed by atoms with van der Waals surface area (Å²) in [6.07, 6.45) is -0.507. The normalized spacial score (nSPS) is 18.1. The third kappa shape index (κ3) is 6.26. The highest BCUT2D eigenvalue weighted by Gasteiger charge is 2.16. The predicted molar refractivity (Wildman–Crippen MR) is 38.2 cm³/mol. The molecule has 0 aliphatic rings. The first-order valence-electron chi connectivity index (χ1n) is 3.37. The fraction of sp³-hybridized carbons (Fsp3) is 0.750. The van der Waals surface area contributed by atoms with Crippen LogP contribution in [0.3, 0.4) is 0 Å². The highest BCUT2D eigenvalue weighted by Crippen LogP contribution is 2.35. The Morgan fingerprint density at radius 2 is 2.25 bits per heavy atom. The fourth-order valence-electron chi connectivity index (χ4n) is 0.381. The van der Waals surface area contributed by atoms with Gasteiger partial charge in [-0.3, -0.25) is 9.32 Å². The van der Waals surface area contributed by atoms with Crippen LogP contribution in [-0.4, -0.2) is 33.5 Å². The van der Waals surface area contributed by atoms with Gasteiger partial charge in [0.25, 0.3) is 0 Å². The van der Waals surface area contributed by atoms with Crippen LogP contribution >= 0.6 is 7.82 Å². The van der Waals surface area contributed by atoms with Crippen molar-refractivity contribution in [3.63, 3.8) is 0 Å². The van der Waals surface area contributed by atoms with Gasteiger partial charge in [0, 0.05) is 0 Å². The van der Waals surface area contributed by atoms with Crippen molar-refractivity contribution in [2.24, 2.45) is 5.73 Å². The Kier molecular flexibility index (Phi) is 3.64. The van der Waals surface area contributed by atoms with Crippen LogP contribution in [0.5, 0.6) is 0 Å². The largest absolute Gasteiger partial charge is 0.480 e. The molecule has 0 aromatic carbocycles. The first-order valence-corrected chi connectivity index (χ1v) is 4.40. The Bertz CT molecular complexity index is 237. The Morgan fingerprint density at radius 3 is 2.58 bits per heavy atom. The van der Waals surface area contributed by atoms with Gasteiger partial charge in [0.2, 0.25) is 0 Å². The van der Waals surface area contributed by atoms with E-state index in [-0.39, 0.29) is 0 Å². The number of hydrogen-bond acceptors (Lipinski definition) is 4. The first kappa shape index (κ1) is 9.63. The van der Waals surface area contributed by atoms with Crippen molar-refractivity contribution < 1.29 is 30.1 Å². The maximum absolute atomic E-state index is 10.2. The number of carboxylic acids is 1. The Labute approximate surface area is 69.8 Å². The average Bonchev–Trinajstić information content (AvgIpc) is 1.82. The van der Waals surface area contributed by atoms with E-state index in [1.807, 2.05) is 0 Å². The van der Waals surface area contributed by atoms with Gasteiger partial charge in [0.05, 0.1) is 7.98 Å². The molecule has 0 spiro atoms. The summed E-state index contributed by atoms with van der Waals surface area (Å²) in [7, 11) is -4.61. The zero-order valence-corrected chi connectivity index (χ0v) is 6.90. The zero-order chi connectivity index (χ0) is 10.7. The second-order valence-electron chi connectivity index (χ2n) is 1.90. The number of rotatable bonds is 5. The monoisotopic (exact) mass is 200 g/mol. The summed E-state index contributed by atoms with van der Waals surface area (Å²) < 4.78 is 21.0. The molecule has 12 heavy (non-hydrogen) atoms. The van der Waals surface area contributed by atoms with E-state index < -0.39 is 32.8 Å². The molecular formula is C4H10NO6P. The molecule has 72 valence electrons. The second-order valence-corrected chi connectivity index (χ2v) is 3.14. The maximum Gasteiger partial charge on any atom is 0.469 e. The molecule has 0 heterocycles. The summed E-state index contributed by atoms with van der Waals surface area (Å²) in [5.41, 5.74) is 4.92. The van der Waals surface area contributed by atoms with Crippen molar-refractivity contribution in [2.75, 3.05) is 6.61 Å². The SMILES string of the molecule is [2H]C(N)(CCOP(=O)(O)O)C(=O)O. The number of hydrogen-bond donors (Lipinski definition) is 4. The lowest BCUT2D eigenvalue weighted by atomic mass is 10.2. The molecule has 0 aliphatic carbocycles. The summed E-state index contributed by atoms with van der Waals surface area (Å²) in [4.78, 5) is 26.6. The minimum atomic E-state index is -4.61. The molecule has 0 saturated carbocycles. The van der Waals surface area contributed by atoms with Gasteiger partial charge in [-0.25, -0.2) is 4.57 Å². The van der Waals surface area contributed by atoms with E-state index in [0.717, 1.165) is 0 Å². The van der Waals surface area contributed by atoms with Crippen molar-refractivity contribution in [2.45, 2.75) is 12.4 Å². The van der Waals surface area contributed by atoms with Gasteiger partial charge in [-0.15, -0.1) is 0 Å². The van der Waals surface area contributed by atoms with Crippen molar-refractivity contribution in [3.05, 3.63) is 0 Å². The quantitative estimate of drug-likeness (QED) is 0.414. The number of phosphoric acid groups is 1. The van der Waals surface area contributed by atoms with E-state index in [4.69, 9.17) is 22.0 Å². The van der Waals surface area contributed by atoms with E-state index in [0.29, 0.717) is 0 Å². The van der Waals surface area contributed by atoms with Gasteiger partial charge >= 0.3 is 13.8 Å². The molecule has 0 radical (unpaired) electrons. The molecular weight excluding hydrogens is 189 g/mol. The molecule has 0 fully saturated rings. The van der Waals surface area contributed by atoms with E-state index in [2.05, 4.69) is 4.52 Å². The van der Waals surface area contributed by atoms with Crippen LogP contribution in [0.4, 0.5) is 0 Å². The third-order valence-corrected chi connectivity index (χ3v) is 1.42. The Morgan fingerprint density at radius 1 is 1.75 bits per heavy atom. The number of nitrogens with two attached hydrogens (primary N) is 1. The molecule has 1 unspecified atom stereocenters. The minimum absolute atomic E-state index is 0.507. The first-order chi connectivity index (χ1) is 5.65. The van der Waals surface area contributed by atoms with Crippen molar-refractivity contribution in [3.8, 4) is 0 Å². The van der Waals surface area contributed by atoms with Crippen molar-refractivity contribution in [1.29, 1.82) is 0 Å². The fourth-order valence-corrected chi connectivity index (χ4v) is 0.711. The van der Waals surface area contributed by atoms with E-state index in [9.17, 15) is 9.36 Å². The van der Waals surface area contributed by atoms with Crippen molar-refractivity contribution in [1.82, 2.24) is 0 Å². The third-order valence-electron chi connectivity index (χ3n) is 0.906. The smallest absolute Gasteiger partial charge is 0.469 e. The molecule has 0 saturated heterocycles. The van der Waals surface area contributed by atoms with Crippen LogP contribution in [0.1, 0.15) is 7.79 Å². The lowest BCUT2D eigenvalue weighted by Crippen LogP contribution is -2.31. The highest BCUT2D eigenvalue weighted by molar-refractivity contribution is 7.46. The van der Waals surface area contributed by atoms with E-state index in [1.54, 1.807) is 0 Å². The summed E-state index contributed by atoms with van der Waals surface area (Å²) in [6.45, 7) is -0.587. The average molecular weight is 200 g/mol. The number of carboxylic acid groups (broad SMARTS) is 1. The van der Waals surface area contributed by atoms with Crippen LogP contribution in [0.25, 0.3) is 0 Å². The predicted octanol–water partition coefficient (Wildman–Crippen LogP) is -1.10. The summed E-state index contributed by atoms with van der Waals surface area (Å²) in [6, 6.07) is -2.28. The summed E-state index contributed by atoms with van der Waals surface area (Å²) in [5, 5.41) is 8.31. The molecule has 0 aromatic heterocycles. The molecule has 0 rings (SSSR count). The van der Waals surface area contributed by atoms with Gasteiger partial charge in [-0.1, -0.05) is 0 Å². The van der Waals surface area contributed by atoms with Gasteiger partial charge in [-0.2, -0.15) is 0 Å². The molecule has 7 nitrogen and oxygen atoms in total. The standard InChI is InChI=1S/C4H10NO6P/c5-3(4(6)7)1-2-11-12(8,9)10/h3H,1-2,5H2,(H,6,7)(H2,8,9,10)/i3D. The van der Waals surface area contributed by atoms with Gasteiger partial charge in [0.15, 0.2) is 0 Å². The summed E-state index contributed by atoms with van der Waals surface area (Å²) in [5.74, 6) is -1.58. The second kappa shape index (κ2) is 4.54. The van der Waals surface area contributed by atoms with Crippen LogP contribution < -0.4 is 5.73 Å².